The summed E-state index contributed by atoms with van der Waals surface area (Å²) in [5.41, 5.74) is 1.13. The van der Waals surface area contributed by atoms with Crippen LogP contribution in [0, 0.1) is 6.92 Å². The molecule has 0 amide bonds. The van der Waals surface area contributed by atoms with E-state index in [0.717, 1.165) is 0 Å². The van der Waals surface area contributed by atoms with Crippen LogP contribution in [0.2, 0.25) is 0 Å². The van der Waals surface area contributed by atoms with E-state index in [1.54, 1.807) is 19.1 Å². The lowest BCUT2D eigenvalue weighted by molar-refractivity contribution is -0.136. The first-order chi connectivity index (χ1) is 7.18. The number of carbonyl (C=O) groups is 1. The van der Waals surface area contributed by atoms with Crippen LogP contribution in [0.1, 0.15) is 11.3 Å². The van der Waals surface area contributed by atoms with Crippen LogP contribution in [0.3, 0.4) is 0 Å². The van der Waals surface area contributed by atoms with Gasteiger partial charge in [0, 0.05) is 5.56 Å². The van der Waals surface area contributed by atoms with Gasteiger partial charge in [0.1, 0.15) is 0 Å². The average molecular weight is 207 g/mol. The Labute approximate surface area is 85.3 Å². The number of hydrogen-bond donors (Lipinski definition) is 1. The van der Waals surface area contributed by atoms with Crippen LogP contribution < -0.4 is 0 Å². The molecular formula is C10H9NO4. The van der Waals surface area contributed by atoms with Crippen molar-refractivity contribution in [2.75, 3.05) is 0 Å². The molecule has 1 N–H and O–H groups in total. The quantitative estimate of drug-likeness (QED) is 0.831. The fraction of sp³-hybridized carbons (Fsp3) is 0.200. The third-order valence-corrected chi connectivity index (χ3v) is 2.06. The molecule has 5 heteroatoms. The van der Waals surface area contributed by atoms with Gasteiger partial charge in [0.25, 0.3) is 0 Å². The minimum absolute atomic E-state index is 0.120. The van der Waals surface area contributed by atoms with Gasteiger partial charge >= 0.3 is 5.97 Å². The molecule has 0 aliphatic carbocycles. The molecule has 0 unspecified atom stereocenters. The Balaban J connectivity index is 2.44. The summed E-state index contributed by atoms with van der Waals surface area (Å²) < 4.78 is 10.2. The molecule has 2 heterocycles. The Morgan fingerprint density at radius 1 is 1.60 bits per heavy atom. The van der Waals surface area contributed by atoms with E-state index < -0.39 is 5.97 Å². The van der Waals surface area contributed by atoms with E-state index in [-0.39, 0.29) is 6.42 Å². The number of aromatic nitrogens is 1. The van der Waals surface area contributed by atoms with Crippen LogP contribution in [-0.4, -0.2) is 16.2 Å². The van der Waals surface area contributed by atoms with Gasteiger partial charge in [-0.1, -0.05) is 5.16 Å². The zero-order valence-electron chi connectivity index (χ0n) is 8.06. The number of rotatable bonds is 3. The smallest absolute Gasteiger partial charge is 0.308 e. The topological polar surface area (TPSA) is 76.5 Å². The van der Waals surface area contributed by atoms with Crippen LogP contribution in [0.15, 0.2) is 27.3 Å². The molecule has 0 saturated carbocycles. The lowest BCUT2D eigenvalue weighted by Gasteiger charge is -1.95. The van der Waals surface area contributed by atoms with E-state index in [9.17, 15) is 4.79 Å². The highest BCUT2D eigenvalue weighted by molar-refractivity contribution is 5.73. The largest absolute Gasteiger partial charge is 0.481 e. The van der Waals surface area contributed by atoms with Gasteiger partial charge in [-0.2, -0.15) is 0 Å². The Bertz CT molecular complexity index is 470. The minimum Gasteiger partial charge on any atom is -0.481 e. The highest BCUT2D eigenvalue weighted by Crippen LogP contribution is 2.26. The number of carboxylic acid groups (broad SMARTS) is 1. The van der Waals surface area contributed by atoms with Crippen molar-refractivity contribution in [2.24, 2.45) is 0 Å². The second-order valence-corrected chi connectivity index (χ2v) is 3.12. The van der Waals surface area contributed by atoms with Crippen LogP contribution >= 0.6 is 0 Å². The first-order valence-electron chi connectivity index (χ1n) is 4.39. The van der Waals surface area contributed by atoms with Crippen molar-refractivity contribution in [3.63, 3.8) is 0 Å². The molecule has 0 aliphatic rings. The van der Waals surface area contributed by atoms with E-state index in [0.29, 0.717) is 22.8 Å². The van der Waals surface area contributed by atoms with Crippen molar-refractivity contribution in [2.45, 2.75) is 13.3 Å². The highest BCUT2D eigenvalue weighted by atomic mass is 16.5. The van der Waals surface area contributed by atoms with Crippen LogP contribution in [0.4, 0.5) is 0 Å². The second kappa shape index (κ2) is 3.61. The van der Waals surface area contributed by atoms with E-state index in [1.807, 2.05) is 0 Å². The number of aryl methyl sites for hydroxylation is 1. The first kappa shape index (κ1) is 9.51. The highest BCUT2D eigenvalue weighted by Gasteiger charge is 2.19. The SMILES string of the molecule is Cc1noc(-c2ccco2)c1CC(=O)O. The van der Waals surface area contributed by atoms with Crippen molar-refractivity contribution >= 4 is 5.97 Å². The summed E-state index contributed by atoms with van der Waals surface area (Å²) in [6.45, 7) is 1.70. The molecule has 0 spiro atoms. The molecule has 78 valence electrons. The lowest BCUT2D eigenvalue weighted by Crippen LogP contribution is -2.01. The van der Waals surface area contributed by atoms with Gasteiger partial charge < -0.3 is 14.0 Å². The summed E-state index contributed by atoms with van der Waals surface area (Å²) >= 11 is 0. The molecule has 0 aliphatic heterocycles. The fourth-order valence-electron chi connectivity index (χ4n) is 1.35. The molecule has 0 atom stereocenters. The molecule has 0 radical (unpaired) electrons. The average Bonchev–Trinajstić information content (AvgIpc) is 2.76. The molecule has 0 aromatic carbocycles. The summed E-state index contributed by atoms with van der Waals surface area (Å²) in [4.78, 5) is 10.6. The molecule has 2 aromatic rings. The van der Waals surface area contributed by atoms with Gasteiger partial charge in [-0.05, 0) is 19.1 Å². The molecule has 0 fully saturated rings. The lowest BCUT2D eigenvalue weighted by atomic mass is 10.1. The molecule has 5 nitrogen and oxygen atoms in total. The zero-order chi connectivity index (χ0) is 10.8. The van der Waals surface area contributed by atoms with Gasteiger partial charge in [0.15, 0.2) is 5.76 Å². The van der Waals surface area contributed by atoms with E-state index >= 15 is 0 Å². The van der Waals surface area contributed by atoms with Gasteiger partial charge in [-0.3, -0.25) is 4.79 Å². The molecule has 2 rings (SSSR count). The summed E-state index contributed by atoms with van der Waals surface area (Å²) in [6.07, 6.45) is 1.38. The van der Waals surface area contributed by atoms with Crippen LogP contribution in [-0.2, 0) is 11.2 Å². The van der Waals surface area contributed by atoms with Gasteiger partial charge in [0.05, 0.1) is 18.4 Å². The second-order valence-electron chi connectivity index (χ2n) is 3.12. The molecule has 15 heavy (non-hydrogen) atoms. The third kappa shape index (κ3) is 1.76. The number of furan rings is 1. The summed E-state index contributed by atoms with van der Waals surface area (Å²) in [7, 11) is 0. The molecule has 0 bridgehead atoms. The summed E-state index contributed by atoms with van der Waals surface area (Å²) in [6, 6.07) is 3.41. The molecule has 0 saturated heterocycles. The summed E-state index contributed by atoms with van der Waals surface area (Å²) in [5.74, 6) is -0.0409. The third-order valence-electron chi connectivity index (χ3n) is 2.06. The maximum atomic E-state index is 10.6. The predicted molar refractivity (Wildman–Crippen MR) is 50.3 cm³/mol. The van der Waals surface area contributed by atoms with E-state index in [1.165, 1.54) is 6.26 Å². The standard InChI is InChI=1S/C10H9NO4/c1-6-7(5-9(12)13)10(15-11-6)8-3-2-4-14-8/h2-4H,5H2,1H3,(H,12,13). The first-order valence-corrected chi connectivity index (χ1v) is 4.39. The van der Waals surface area contributed by atoms with Crippen molar-refractivity contribution in [3.8, 4) is 11.5 Å². The van der Waals surface area contributed by atoms with Crippen molar-refractivity contribution < 1.29 is 18.8 Å². The molecule has 2 aromatic heterocycles. The predicted octanol–water partition coefficient (Wildman–Crippen LogP) is 1.87. The Morgan fingerprint density at radius 3 is 3.00 bits per heavy atom. The Kier molecular flexibility index (Phi) is 2.29. The van der Waals surface area contributed by atoms with Gasteiger partial charge in [0.2, 0.25) is 5.76 Å². The minimum atomic E-state index is -0.922. The van der Waals surface area contributed by atoms with Gasteiger partial charge in [-0.15, -0.1) is 0 Å². The Morgan fingerprint density at radius 2 is 2.40 bits per heavy atom. The normalized spacial score (nSPS) is 10.5. The van der Waals surface area contributed by atoms with Crippen molar-refractivity contribution in [1.82, 2.24) is 5.16 Å². The number of carboxylic acids is 1. The number of aliphatic carboxylic acids is 1. The fourth-order valence-corrected chi connectivity index (χ4v) is 1.35. The maximum absolute atomic E-state index is 10.6. The number of nitrogens with zero attached hydrogens (tertiary/aromatic N) is 1. The Hall–Kier alpha value is -2.04. The monoisotopic (exact) mass is 207 g/mol. The van der Waals surface area contributed by atoms with Crippen molar-refractivity contribution in [3.05, 3.63) is 29.7 Å². The number of hydrogen-bond acceptors (Lipinski definition) is 4. The zero-order valence-corrected chi connectivity index (χ0v) is 8.06. The van der Waals surface area contributed by atoms with E-state index in [4.69, 9.17) is 14.0 Å². The molecular weight excluding hydrogens is 198 g/mol. The van der Waals surface area contributed by atoms with E-state index in [2.05, 4.69) is 5.16 Å². The van der Waals surface area contributed by atoms with Gasteiger partial charge in [-0.25, -0.2) is 0 Å². The summed E-state index contributed by atoms with van der Waals surface area (Å²) in [5, 5.41) is 12.5. The van der Waals surface area contributed by atoms with Crippen LogP contribution in [0.5, 0.6) is 0 Å². The maximum Gasteiger partial charge on any atom is 0.308 e. The van der Waals surface area contributed by atoms with Crippen molar-refractivity contribution in [1.29, 1.82) is 0 Å². The van der Waals surface area contributed by atoms with Crippen LogP contribution in [0.25, 0.3) is 11.5 Å².